The summed E-state index contributed by atoms with van der Waals surface area (Å²) in [5, 5.41) is 0. The molecule has 0 aromatic carbocycles. The van der Waals surface area contributed by atoms with E-state index in [0.29, 0.717) is 6.04 Å². The van der Waals surface area contributed by atoms with Crippen molar-refractivity contribution in [2.45, 2.75) is 61.9 Å². The van der Waals surface area contributed by atoms with E-state index in [0.717, 1.165) is 0 Å². The Hall–Kier alpha value is 1.46. The molecule has 0 saturated carbocycles. The van der Waals surface area contributed by atoms with Gasteiger partial charge < -0.3 is 0 Å². The van der Waals surface area contributed by atoms with Crippen molar-refractivity contribution in [3.63, 3.8) is 0 Å². The molecule has 98 valence electrons. The molecule has 0 aliphatic rings. The maximum absolute atomic E-state index is 5.80. The zero-order chi connectivity index (χ0) is 12.4. The van der Waals surface area contributed by atoms with E-state index in [1.54, 1.807) is 4.44 Å². The molecule has 0 heterocycles. The summed E-state index contributed by atoms with van der Waals surface area (Å²) in [4.78, 5) is 0. The first-order chi connectivity index (χ1) is 7.60. The van der Waals surface area contributed by atoms with Crippen LogP contribution in [0.3, 0.4) is 0 Å². The minimum absolute atomic E-state index is 0.392. The fourth-order valence-corrected chi connectivity index (χ4v) is 31.1. The molecule has 16 heavy (non-hydrogen) atoms. The number of unbranched alkanes of at least 4 members (excludes halogenated alkanes) is 1. The quantitative estimate of drug-likeness (QED) is 0.454. The van der Waals surface area contributed by atoms with Crippen molar-refractivity contribution in [3.05, 3.63) is 0 Å². The van der Waals surface area contributed by atoms with Crippen molar-refractivity contribution < 1.29 is 0 Å². The Morgan fingerprint density at radius 2 is 1.62 bits per heavy atom. The van der Waals surface area contributed by atoms with Gasteiger partial charge in [-0.1, -0.05) is 0 Å². The molecule has 0 aromatic rings. The standard InChI is InChI=1S/C6H14N.2C2H6S.C2H5.Sn/c1-3-4-5-6(2)7;2*1-2-3;1-2;/h6H,1,3-5,7H2,2H3;2*3H,2H2,1H3;1H2,2H3;/q;;;;+2/p-2. The van der Waals surface area contributed by atoms with Gasteiger partial charge in [-0.05, 0) is 0 Å². The molecule has 2 N–H and O–H groups in total. The molecular formula is C12H29NS2Sn. The Kier molecular flexibility index (Phi) is 11.3. The number of rotatable bonds is 10. The monoisotopic (exact) mass is 371 g/mol. The number of hydrogen-bond donors (Lipinski definition) is 1. The fraction of sp³-hybridized carbons (Fsp3) is 1.00. The van der Waals surface area contributed by atoms with Gasteiger partial charge in [0.2, 0.25) is 0 Å². The van der Waals surface area contributed by atoms with Gasteiger partial charge in [-0.2, -0.15) is 0 Å². The topological polar surface area (TPSA) is 26.0 Å². The third-order valence-corrected chi connectivity index (χ3v) is 36.0. The molecular weight excluding hydrogens is 341 g/mol. The number of nitrogens with two attached hydrogens (primary N) is 1. The van der Waals surface area contributed by atoms with Crippen LogP contribution in [-0.2, 0) is 0 Å². The second kappa shape index (κ2) is 10.4. The Bertz CT molecular complexity index is 159. The van der Waals surface area contributed by atoms with Gasteiger partial charge in [0.1, 0.15) is 0 Å². The SMILES string of the molecule is CC[S][Sn]([CH2]C)([CH2]CCCC(C)N)[S]CC. The fourth-order valence-electron chi connectivity index (χ4n) is 1.95. The van der Waals surface area contributed by atoms with Crippen LogP contribution in [0.5, 0.6) is 0 Å². The summed E-state index contributed by atoms with van der Waals surface area (Å²) in [6, 6.07) is 0.392. The van der Waals surface area contributed by atoms with E-state index in [1.807, 2.05) is 0 Å². The van der Waals surface area contributed by atoms with Crippen molar-refractivity contribution in [1.29, 1.82) is 0 Å². The molecule has 0 aliphatic carbocycles. The Morgan fingerprint density at radius 3 is 2.00 bits per heavy atom. The van der Waals surface area contributed by atoms with Crippen LogP contribution >= 0.6 is 17.9 Å². The summed E-state index contributed by atoms with van der Waals surface area (Å²) >= 11 is -1.83. The van der Waals surface area contributed by atoms with Gasteiger partial charge in [0.25, 0.3) is 0 Å². The van der Waals surface area contributed by atoms with Crippen molar-refractivity contribution in [3.8, 4) is 0 Å². The van der Waals surface area contributed by atoms with Gasteiger partial charge in [0, 0.05) is 0 Å². The average molecular weight is 370 g/mol. The molecule has 0 fully saturated rings. The van der Waals surface area contributed by atoms with E-state index in [-0.39, 0.29) is 0 Å². The van der Waals surface area contributed by atoms with Crippen molar-refractivity contribution in [2.24, 2.45) is 5.73 Å². The second-order valence-electron chi connectivity index (χ2n) is 4.35. The zero-order valence-corrected chi connectivity index (χ0v) is 15.9. The van der Waals surface area contributed by atoms with Gasteiger partial charge in [0.05, 0.1) is 0 Å². The summed E-state index contributed by atoms with van der Waals surface area (Å²) in [6.45, 7) is 9.19. The Labute approximate surface area is 112 Å². The van der Waals surface area contributed by atoms with E-state index in [1.165, 1.54) is 35.2 Å². The molecule has 1 nitrogen and oxygen atoms in total. The van der Waals surface area contributed by atoms with E-state index >= 15 is 0 Å². The molecule has 0 aliphatic heterocycles. The van der Waals surface area contributed by atoms with E-state index in [9.17, 15) is 0 Å². The van der Waals surface area contributed by atoms with Crippen LogP contribution in [0.15, 0.2) is 0 Å². The summed E-state index contributed by atoms with van der Waals surface area (Å²) in [7, 11) is 4.70. The first-order valence-corrected chi connectivity index (χ1v) is 19.6. The third kappa shape index (κ3) is 7.72. The average Bonchev–Trinajstić information content (AvgIpc) is 2.24. The van der Waals surface area contributed by atoms with Crippen LogP contribution in [0, 0.1) is 0 Å². The van der Waals surface area contributed by atoms with Crippen LogP contribution in [0.25, 0.3) is 0 Å². The summed E-state index contributed by atoms with van der Waals surface area (Å²) in [6.07, 6.45) is 3.97. The molecule has 4 heteroatoms. The predicted octanol–water partition coefficient (Wildman–Crippen LogP) is 4.47. The molecule has 1 atom stereocenters. The van der Waals surface area contributed by atoms with E-state index in [2.05, 4.69) is 45.6 Å². The summed E-state index contributed by atoms with van der Waals surface area (Å²) in [5.41, 5.74) is 5.80. The van der Waals surface area contributed by atoms with E-state index in [4.69, 9.17) is 5.73 Å². The summed E-state index contributed by atoms with van der Waals surface area (Å²) < 4.78 is 3.04. The van der Waals surface area contributed by atoms with Gasteiger partial charge in [-0.25, -0.2) is 0 Å². The first kappa shape index (κ1) is 17.5. The van der Waals surface area contributed by atoms with Gasteiger partial charge in [-0.15, -0.1) is 0 Å². The van der Waals surface area contributed by atoms with E-state index < -0.39 is 15.6 Å². The number of hydrogen-bond acceptors (Lipinski definition) is 3. The second-order valence-corrected chi connectivity index (χ2v) is 31.9. The van der Waals surface area contributed by atoms with Crippen LogP contribution in [-0.4, -0.2) is 33.2 Å². The van der Waals surface area contributed by atoms with Crippen LogP contribution in [0.4, 0.5) is 0 Å². The van der Waals surface area contributed by atoms with Gasteiger partial charge in [0.15, 0.2) is 0 Å². The maximum atomic E-state index is 5.80. The Morgan fingerprint density at radius 1 is 1.06 bits per heavy atom. The normalized spacial score (nSPS) is 14.1. The summed E-state index contributed by atoms with van der Waals surface area (Å²) in [5.74, 6) is 2.65. The Balaban J connectivity index is 3.98. The van der Waals surface area contributed by atoms with Crippen molar-refractivity contribution >= 4 is 33.5 Å². The van der Waals surface area contributed by atoms with Gasteiger partial charge >= 0.3 is 113 Å². The molecule has 0 aromatic heterocycles. The van der Waals surface area contributed by atoms with Crippen molar-refractivity contribution in [1.82, 2.24) is 0 Å². The minimum atomic E-state index is -1.83. The molecule has 0 saturated heterocycles. The molecule has 0 bridgehead atoms. The van der Waals surface area contributed by atoms with Gasteiger partial charge in [-0.3, -0.25) is 0 Å². The van der Waals surface area contributed by atoms with Crippen LogP contribution in [0.1, 0.15) is 47.0 Å². The first-order valence-electron chi connectivity index (χ1n) is 6.63. The predicted molar refractivity (Wildman–Crippen MR) is 84.8 cm³/mol. The molecule has 0 radical (unpaired) electrons. The third-order valence-electron chi connectivity index (χ3n) is 2.82. The van der Waals surface area contributed by atoms with Crippen molar-refractivity contribution in [2.75, 3.05) is 11.5 Å². The molecule has 1 unspecified atom stereocenters. The molecule has 0 rings (SSSR count). The zero-order valence-electron chi connectivity index (χ0n) is 11.4. The van der Waals surface area contributed by atoms with Crippen LogP contribution in [0.2, 0.25) is 8.87 Å². The van der Waals surface area contributed by atoms with Crippen LogP contribution < -0.4 is 5.73 Å². The molecule has 0 spiro atoms. The molecule has 0 amide bonds.